The summed E-state index contributed by atoms with van der Waals surface area (Å²) in [5, 5.41) is 17.3. The number of aromatic carboxylic acids is 2. The van der Waals surface area contributed by atoms with Gasteiger partial charge in [0.15, 0.2) is 0 Å². The molecule has 0 radical (unpaired) electrons. The van der Waals surface area contributed by atoms with E-state index in [0.29, 0.717) is 5.56 Å². The highest BCUT2D eigenvalue weighted by atomic mass is 35.5. The van der Waals surface area contributed by atoms with Gasteiger partial charge < -0.3 is 10.2 Å². The van der Waals surface area contributed by atoms with Gasteiger partial charge in [-0.2, -0.15) is 0 Å². The minimum Gasteiger partial charge on any atom is -0.478 e. The quantitative estimate of drug-likeness (QED) is 0.847. The first kappa shape index (κ1) is 16.2. The van der Waals surface area contributed by atoms with E-state index in [4.69, 9.17) is 10.2 Å². The molecule has 0 bridgehead atoms. The van der Waals surface area contributed by atoms with Crippen molar-refractivity contribution in [3.63, 3.8) is 0 Å². The number of rotatable bonds is 2. The second-order valence-corrected chi connectivity index (χ2v) is 2.64. The Labute approximate surface area is 98.7 Å². The third-order valence-electron chi connectivity index (χ3n) is 1.71. The number of carbonyl (C=O) groups is 2. The highest BCUT2D eigenvalue weighted by molar-refractivity contribution is 5.94. The Kier molecular flexibility index (Phi) is 6.76. The summed E-state index contributed by atoms with van der Waals surface area (Å²) in [5.41, 5.74) is 0.570. The van der Waals surface area contributed by atoms with E-state index >= 15 is 0 Å². The summed E-state index contributed by atoms with van der Waals surface area (Å²) in [6.07, 6.45) is 0. The molecule has 0 aliphatic carbocycles. The van der Waals surface area contributed by atoms with Gasteiger partial charge in [0.05, 0.1) is 11.1 Å². The molecule has 84 valence electrons. The maximum atomic E-state index is 10.6. The van der Waals surface area contributed by atoms with Gasteiger partial charge in [-0.1, -0.05) is 6.07 Å². The van der Waals surface area contributed by atoms with Gasteiger partial charge in [-0.25, -0.2) is 9.59 Å². The van der Waals surface area contributed by atoms with Crippen LogP contribution in [0.5, 0.6) is 0 Å². The van der Waals surface area contributed by atoms with Crippen LogP contribution in [0.1, 0.15) is 26.3 Å². The normalized spacial score (nSPS) is 8.33. The summed E-state index contributed by atoms with van der Waals surface area (Å²) in [6, 6.07) is 4.01. The summed E-state index contributed by atoms with van der Waals surface area (Å²) in [4.78, 5) is 21.1. The van der Waals surface area contributed by atoms with E-state index < -0.39 is 11.9 Å². The first-order valence-electron chi connectivity index (χ1n) is 3.59. The molecule has 6 heteroatoms. The Bertz CT molecular complexity index is 376. The van der Waals surface area contributed by atoms with E-state index in [2.05, 4.69) is 0 Å². The van der Waals surface area contributed by atoms with Crippen LogP contribution in [0.2, 0.25) is 0 Å². The van der Waals surface area contributed by atoms with E-state index in [1.807, 2.05) is 0 Å². The van der Waals surface area contributed by atoms with Gasteiger partial charge in [0.2, 0.25) is 0 Å². The van der Waals surface area contributed by atoms with Crippen molar-refractivity contribution < 1.29 is 19.8 Å². The fourth-order valence-electron chi connectivity index (χ4n) is 0.985. The van der Waals surface area contributed by atoms with Gasteiger partial charge >= 0.3 is 11.9 Å². The van der Waals surface area contributed by atoms with Crippen molar-refractivity contribution >= 4 is 36.8 Å². The van der Waals surface area contributed by atoms with Gasteiger partial charge in [0.1, 0.15) is 0 Å². The lowest BCUT2D eigenvalue weighted by molar-refractivity contribution is 0.0695. The van der Waals surface area contributed by atoms with Crippen LogP contribution in [0, 0.1) is 6.92 Å². The molecule has 0 aliphatic heterocycles. The molecule has 0 heterocycles. The van der Waals surface area contributed by atoms with Crippen LogP contribution in [-0.4, -0.2) is 22.2 Å². The van der Waals surface area contributed by atoms with Crippen LogP contribution >= 0.6 is 24.8 Å². The molecule has 0 fully saturated rings. The second kappa shape index (κ2) is 6.27. The van der Waals surface area contributed by atoms with Crippen LogP contribution in [0.15, 0.2) is 18.2 Å². The fourth-order valence-corrected chi connectivity index (χ4v) is 0.985. The highest BCUT2D eigenvalue weighted by Gasteiger charge is 2.10. The van der Waals surface area contributed by atoms with Crippen molar-refractivity contribution in [3.05, 3.63) is 34.9 Å². The number of benzene rings is 1. The fraction of sp³-hybridized carbons (Fsp3) is 0.111. The summed E-state index contributed by atoms with van der Waals surface area (Å²) >= 11 is 0. The topological polar surface area (TPSA) is 74.6 Å². The Hall–Kier alpha value is -1.26. The molecule has 0 atom stereocenters. The number of halogens is 2. The number of hydrogen-bond acceptors (Lipinski definition) is 2. The van der Waals surface area contributed by atoms with Crippen molar-refractivity contribution in [1.82, 2.24) is 0 Å². The molecule has 15 heavy (non-hydrogen) atoms. The van der Waals surface area contributed by atoms with E-state index in [-0.39, 0.29) is 35.9 Å². The molecule has 0 saturated heterocycles. The molecule has 1 aromatic carbocycles. The molecule has 1 aromatic rings. The van der Waals surface area contributed by atoms with Crippen molar-refractivity contribution in [2.45, 2.75) is 6.92 Å². The number of hydrogen-bond donors (Lipinski definition) is 2. The van der Waals surface area contributed by atoms with Crippen LogP contribution < -0.4 is 0 Å². The molecule has 4 nitrogen and oxygen atoms in total. The second-order valence-electron chi connectivity index (χ2n) is 2.64. The molecular weight excluding hydrogens is 243 g/mol. The molecular formula is C9H10Cl2O4. The Morgan fingerprint density at radius 1 is 1.07 bits per heavy atom. The predicted octanol–water partition coefficient (Wildman–Crippen LogP) is 2.24. The minimum absolute atomic E-state index is 0. The lowest BCUT2D eigenvalue weighted by Gasteiger charge is -2.01. The predicted molar refractivity (Wildman–Crippen MR) is 59.6 cm³/mol. The van der Waals surface area contributed by atoms with E-state index in [1.165, 1.54) is 12.1 Å². The molecule has 0 spiro atoms. The lowest BCUT2D eigenvalue weighted by Crippen LogP contribution is -2.03. The zero-order valence-corrected chi connectivity index (χ0v) is 9.39. The monoisotopic (exact) mass is 252 g/mol. The van der Waals surface area contributed by atoms with Gasteiger partial charge in [0, 0.05) is 0 Å². The number of carboxylic acids is 2. The molecule has 0 unspecified atom stereocenters. The van der Waals surface area contributed by atoms with Crippen LogP contribution in [0.4, 0.5) is 0 Å². The third kappa shape index (κ3) is 3.77. The first-order valence-corrected chi connectivity index (χ1v) is 3.59. The van der Waals surface area contributed by atoms with Crippen molar-refractivity contribution in [2.75, 3.05) is 0 Å². The lowest BCUT2D eigenvalue weighted by atomic mass is 10.1. The smallest absolute Gasteiger partial charge is 0.335 e. The standard InChI is InChI=1S/C9H8O4.2ClH/c1-5-2-3-6(8(10)11)4-7(5)9(12)13;;/h2-4H,1H3,(H,10,11)(H,12,13);2*1H. The molecule has 0 amide bonds. The zero-order chi connectivity index (χ0) is 10.0. The van der Waals surface area contributed by atoms with Crippen molar-refractivity contribution in [1.29, 1.82) is 0 Å². The Morgan fingerprint density at radius 2 is 1.60 bits per heavy atom. The van der Waals surface area contributed by atoms with Crippen molar-refractivity contribution in [3.8, 4) is 0 Å². The van der Waals surface area contributed by atoms with Crippen molar-refractivity contribution in [2.24, 2.45) is 0 Å². The molecule has 0 saturated carbocycles. The molecule has 0 aromatic heterocycles. The third-order valence-corrected chi connectivity index (χ3v) is 1.71. The maximum Gasteiger partial charge on any atom is 0.335 e. The van der Waals surface area contributed by atoms with Crippen LogP contribution in [-0.2, 0) is 0 Å². The minimum atomic E-state index is -1.12. The molecule has 2 N–H and O–H groups in total. The Balaban J connectivity index is 0. The highest BCUT2D eigenvalue weighted by Crippen LogP contribution is 2.10. The van der Waals surface area contributed by atoms with Gasteiger partial charge in [0.25, 0.3) is 0 Å². The van der Waals surface area contributed by atoms with E-state index in [1.54, 1.807) is 6.92 Å². The van der Waals surface area contributed by atoms with E-state index in [0.717, 1.165) is 6.07 Å². The first-order chi connectivity index (χ1) is 6.02. The summed E-state index contributed by atoms with van der Waals surface area (Å²) in [6.45, 7) is 1.62. The Morgan fingerprint density at radius 3 is 2.00 bits per heavy atom. The maximum absolute atomic E-state index is 10.6. The van der Waals surface area contributed by atoms with Gasteiger partial charge in [-0.05, 0) is 24.6 Å². The number of aryl methyl sites for hydroxylation is 1. The van der Waals surface area contributed by atoms with Crippen LogP contribution in [0.25, 0.3) is 0 Å². The van der Waals surface area contributed by atoms with Gasteiger partial charge in [-0.3, -0.25) is 0 Å². The summed E-state index contributed by atoms with van der Waals surface area (Å²) < 4.78 is 0. The summed E-state index contributed by atoms with van der Waals surface area (Å²) in [5.74, 6) is -2.23. The largest absolute Gasteiger partial charge is 0.478 e. The summed E-state index contributed by atoms with van der Waals surface area (Å²) in [7, 11) is 0. The molecule has 0 aliphatic rings. The average molecular weight is 253 g/mol. The number of carboxylic acid groups (broad SMARTS) is 2. The van der Waals surface area contributed by atoms with E-state index in [9.17, 15) is 9.59 Å². The van der Waals surface area contributed by atoms with Crippen LogP contribution in [0.3, 0.4) is 0 Å². The molecule has 1 rings (SSSR count). The SMILES string of the molecule is Cc1ccc(C(=O)O)cc1C(=O)O.Cl.Cl. The zero-order valence-electron chi connectivity index (χ0n) is 7.76. The van der Waals surface area contributed by atoms with Gasteiger partial charge in [-0.15, -0.1) is 24.8 Å². The average Bonchev–Trinajstić information content (AvgIpc) is 2.04.